The first-order chi connectivity index (χ1) is 39.9. The quantitative estimate of drug-likeness (QED) is 0.0679. The minimum Gasteiger partial charge on any atom is -0.394 e. The molecule has 488 valence electrons. The number of allylic oxidation sites excluding steroid dienone is 1. The van der Waals surface area contributed by atoms with Gasteiger partial charge in [0.1, 0.15) is 104 Å². The Hall–Kier alpha value is -1.30. The predicted molar refractivity (Wildman–Crippen MR) is 287 cm³/mol. The summed E-state index contributed by atoms with van der Waals surface area (Å²) in [4.78, 5) is 0. The van der Waals surface area contributed by atoms with Crippen LogP contribution >= 0.6 is 0 Å². The molecule has 12 rings (SSSR count). The highest BCUT2D eigenvalue weighted by atomic mass is 16.8. The van der Waals surface area contributed by atoms with Crippen molar-refractivity contribution >= 4 is 0 Å². The second kappa shape index (κ2) is 24.0. The van der Waals surface area contributed by atoms with E-state index in [1.165, 1.54) is 6.92 Å². The molecule has 4 aliphatic carbocycles. The number of aliphatic hydroxyl groups excluding tert-OH is 13. The third-order valence-corrected chi connectivity index (χ3v) is 22.9. The van der Waals surface area contributed by atoms with E-state index in [9.17, 15) is 71.5 Å². The van der Waals surface area contributed by atoms with Crippen molar-refractivity contribution in [2.24, 2.45) is 45.3 Å². The first-order valence-electron chi connectivity index (χ1n) is 30.8. The van der Waals surface area contributed by atoms with Crippen LogP contribution in [0.15, 0.2) is 11.6 Å². The summed E-state index contributed by atoms with van der Waals surface area (Å²) in [5.41, 5.74) is -0.910. The van der Waals surface area contributed by atoms with Crippen molar-refractivity contribution in [1.29, 1.82) is 0 Å². The average Bonchev–Trinajstić information content (AvgIpc) is 0.668. The lowest BCUT2D eigenvalue weighted by Crippen LogP contribution is -2.77. The minimum absolute atomic E-state index is 0.116. The van der Waals surface area contributed by atoms with Gasteiger partial charge in [-0.1, -0.05) is 39.3 Å². The topological polar surface area (TPSA) is 394 Å². The minimum atomic E-state index is -2.04. The number of hydrogen-bond donors (Lipinski definition) is 14. The number of fused-ring (bicyclic) bond motifs is 5. The predicted octanol–water partition coefficient (Wildman–Crippen LogP) is -2.33. The molecule has 8 aliphatic heterocycles. The van der Waals surface area contributed by atoms with Crippen LogP contribution in [-0.4, -0.2) is 269 Å². The van der Waals surface area contributed by atoms with E-state index in [4.69, 9.17) is 56.8 Å². The Morgan fingerprint density at radius 2 is 1.20 bits per heavy atom. The summed E-state index contributed by atoms with van der Waals surface area (Å²) >= 11 is 0. The molecule has 0 amide bonds. The monoisotopic (exact) mass is 1220 g/mol. The van der Waals surface area contributed by atoms with Crippen LogP contribution in [0.3, 0.4) is 0 Å². The van der Waals surface area contributed by atoms with Gasteiger partial charge < -0.3 is 128 Å². The molecule has 14 N–H and O–H groups in total. The zero-order valence-corrected chi connectivity index (χ0v) is 49.9. The average molecular weight is 1220 g/mol. The van der Waals surface area contributed by atoms with Gasteiger partial charge in [-0.25, -0.2) is 0 Å². The zero-order chi connectivity index (χ0) is 61.4. The molecule has 26 heteroatoms. The summed E-state index contributed by atoms with van der Waals surface area (Å²) in [5, 5.41) is 154. The van der Waals surface area contributed by atoms with E-state index in [2.05, 4.69) is 33.8 Å². The molecule has 34 atom stereocenters. The highest BCUT2D eigenvalue weighted by Crippen LogP contribution is 2.78. The molecule has 12 fully saturated rings. The van der Waals surface area contributed by atoms with Crippen LogP contribution in [-0.2, 0) is 56.8 Å². The summed E-state index contributed by atoms with van der Waals surface area (Å²) in [6, 6.07) is 0. The molecule has 0 radical (unpaired) electrons. The lowest BCUT2D eigenvalue weighted by molar-refractivity contribution is -0.436. The Bertz CT molecular complexity index is 2330. The maximum atomic E-state index is 12.5. The zero-order valence-electron chi connectivity index (χ0n) is 49.9. The summed E-state index contributed by atoms with van der Waals surface area (Å²) in [5.74, 6) is -0.412. The Morgan fingerprint density at radius 3 is 1.89 bits per heavy atom. The van der Waals surface area contributed by atoms with Gasteiger partial charge in [-0.15, -0.1) is 0 Å². The van der Waals surface area contributed by atoms with E-state index in [1.54, 1.807) is 0 Å². The maximum absolute atomic E-state index is 12.5. The van der Waals surface area contributed by atoms with Crippen molar-refractivity contribution < 1.29 is 128 Å². The smallest absolute Gasteiger partial charge is 0.187 e. The van der Waals surface area contributed by atoms with Crippen molar-refractivity contribution in [3.63, 3.8) is 0 Å². The van der Waals surface area contributed by atoms with Gasteiger partial charge in [0.15, 0.2) is 37.2 Å². The van der Waals surface area contributed by atoms with E-state index in [0.29, 0.717) is 31.8 Å². The van der Waals surface area contributed by atoms with Crippen LogP contribution in [0.5, 0.6) is 0 Å². The summed E-state index contributed by atoms with van der Waals surface area (Å²) in [7, 11) is 0. The summed E-state index contributed by atoms with van der Waals surface area (Å²) in [6.07, 6.45) is -30.8. The van der Waals surface area contributed by atoms with E-state index in [0.717, 1.165) is 44.1 Å². The molecule has 26 nitrogen and oxygen atoms in total. The van der Waals surface area contributed by atoms with Crippen molar-refractivity contribution in [3.05, 3.63) is 11.6 Å². The van der Waals surface area contributed by atoms with E-state index < -0.39 is 191 Å². The third-order valence-electron chi connectivity index (χ3n) is 22.9. The number of rotatable bonds is 13. The standard InChI is InChI=1S/C59H96O26/c1-24(2)17-26-18-57(8,73)48-27-9-10-33-55(6)13-12-34(54(4,5)32(55)11-14-56(33,7)58(27)15-16-59(48,85-26)77-23-58)81-52-47(84-51-44(72)39(67)35(63)25(3)78-51)45(29(62)21-75-52)82-53-46(83-50-42(70)36(64)28(61)20-74-50)41(69)38(66)31(80-53)22-76-49-43(71)40(68)37(65)30(19-60)79-49/h17,25-53,60-73H,9-16,18-23H2,1-8H3. The van der Waals surface area contributed by atoms with Crippen LogP contribution in [0.2, 0.25) is 0 Å². The number of ether oxygens (including phenoxy) is 12. The van der Waals surface area contributed by atoms with Gasteiger partial charge in [0.2, 0.25) is 0 Å². The van der Waals surface area contributed by atoms with Crippen LogP contribution < -0.4 is 0 Å². The van der Waals surface area contributed by atoms with E-state index in [-0.39, 0.29) is 40.1 Å². The second-order valence-electron chi connectivity index (χ2n) is 28.5. The number of hydrogen-bond acceptors (Lipinski definition) is 26. The fourth-order valence-electron chi connectivity index (χ4n) is 18.5. The molecule has 4 saturated carbocycles. The molecule has 2 spiro atoms. The Morgan fingerprint density at radius 1 is 0.565 bits per heavy atom. The van der Waals surface area contributed by atoms with Crippen molar-refractivity contribution in [3.8, 4) is 0 Å². The Balaban J connectivity index is 0.866. The van der Waals surface area contributed by atoms with Crippen LogP contribution in [0, 0.1) is 45.3 Å². The van der Waals surface area contributed by atoms with Crippen molar-refractivity contribution in [2.75, 3.05) is 33.0 Å². The fraction of sp³-hybridized carbons (Fsp3) is 0.966. The van der Waals surface area contributed by atoms with Crippen molar-refractivity contribution in [2.45, 2.75) is 278 Å². The van der Waals surface area contributed by atoms with Gasteiger partial charge >= 0.3 is 0 Å². The molecule has 12 aliphatic rings. The van der Waals surface area contributed by atoms with Crippen LogP contribution in [0.4, 0.5) is 0 Å². The van der Waals surface area contributed by atoms with Gasteiger partial charge in [0, 0.05) is 24.2 Å². The van der Waals surface area contributed by atoms with Crippen LogP contribution in [0.1, 0.15) is 113 Å². The lowest BCUT2D eigenvalue weighted by Gasteiger charge is -2.77. The highest BCUT2D eigenvalue weighted by Gasteiger charge is 2.77. The van der Waals surface area contributed by atoms with Gasteiger partial charge in [0.25, 0.3) is 0 Å². The van der Waals surface area contributed by atoms with Gasteiger partial charge in [-0.2, -0.15) is 0 Å². The highest BCUT2D eigenvalue weighted by molar-refractivity contribution is 5.24. The van der Waals surface area contributed by atoms with E-state index >= 15 is 0 Å². The first kappa shape index (κ1) is 65.2. The molecule has 34 unspecified atom stereocenters. The van der Waals surface area contributed by atoms with Crippen molar-refractivity contribution in [1.82, 2.24) is 0 Å². The largest absolute Gasteiger partial charge is 0.394 e. The molecule has 85 heavy (non-hydrogen) atoms. The molecule has 0 aromatic rings. The molecular formula is C59H96O26. The molecule has 2 bridgehead atoms. The third kappa shape index (κ3) is 11.0. The lowest BCUT2D eigenvalue weighted by atomic mass is 9.32. The normalized spacial score (nSPS) is 56.7. The Kier molecular flexibility index (Phi) is 18.4. The Labute approximate surface area is 495 Å². The van der Waals surface area contributed by atoms with Gasteiger partial charge in [-0.3, -0.25) is 0 Å². The molecule has 8 saturated heterocycles. The maximum Gasteiger partial charge on any atom is 0.187 e. The summed E-state index contributed by atoms with van der Waals surface area (Å²) in [6.45, 7) is 14.9. The van der Waals surface area contributed by atoms with Gasteiger partial charge in [-0.05, 0) is 107 Å². The van der Waals surface area contributed by atoms with Crippen LogP contribution in [0.25, 0.3) is 0 Å². The second-order valence-corrected chi connectivity index (χ2v) is 28.5. The SMILES string of the molecule is CC(C)=CC1CC(C)(O)C2C3CCC4C5(C)CCC(OC6OCC(O)C(OC7OC(COC8OC(CO)C(O)C(O)C8O)C(O)C(O)C7OC7OCC(O)C(O)C7O)C6OC6OC(C)C(O)C(O)C6O)C(C)(C)C5CCC4(C)C34CCC2(OC4)O1. The molecule has 0 aromatic heterocycles. The van der Waals surface area contributed by atoms with E-state index in [1.807, 2.05) is 20.8 Å². The molecule has 8 heterocycles. The number of aliphatic hydroxyl groups is 14. The van der Waals surface area contributed by atoms with Gasteiger partial charge in [0.05, 0.1) is 56.9 Å². The summed E-state index contributed by atoms with van der Waals surface area (Å²) < 4.78 is 75.6. The fourth-order valence-corrected chi connectivity index (χ4v) is 18.5. The molecule has 0 aromatic carbocycles. The first-order valence-corrected chi connectivity index (χ1v) is 30.8. The molecular weight excluding hydrogens is 1120 g/mol.